The lowest BCUT2D eigenvalue weighted by Crippen LogP contribution is -2.33. The van der Waals surface area contributed by atoms with E-state index in [2.05, 4.69) is 21.2 Å². The van der Waals surface area contributed by atoms with E-state index in [0.29, 0.717) is 18.0 Å². The number of ether oxygens (including phenoxy) is 2. The van der Waals surface area contributed by atoms with Crippen LogP contribution in [0.15, 0.2) is 34.1 Å². The van der Waals surface area contributed by atoms with Crippen LogP contribution in [0.5, 0.6) is 11.5 Å². The van der Waals surface area contributed by atoms with Crippen LogP contribution in [0.1, 0.15) is 16.5 Å². The number of benzene rings is 1. The normalized spacial score (nSPS) is 14.1. The fourth-order valence-electron chi connectivity index (χ4n) is 2.15. The van der Waals surface area contributed by atoms with E-state index >= 15 is 0 Å². The van der Waals surface area contributed by atoms with Crippen LogP contribution in [0, 0.1) is 0 Å². The van der Waals surface area contributed by atoms with Crippen molar-refractivity contribution in [1.82, 2.24) is 5.32 Å². The number of carbonyl (C=O) groups excluding carboxylic acids is 1. The number of rotatable bonds is 5. The third-order valence-electron chi connectivity index (χ3n) is 3.13. The minimum atomic E-state index is -0.585. The molecule has 1 aliphatic heterocycles. The number of nitrogens with one attached hydrogen (secondary N) is 1. The lowest BCUT2D eigenvalue weighted by atomic mass is 10.1. The number of amides is 1. The van der Waals surface area contributed by atoms with E-state index in [1.54, 1.807) is 17.4 Å². The molecule has 2 heterocycles. The van der Waals surface area contributed by atoms with E-state index in [9.17, 15) is 4.79 Å². The smallest absolute Gasteiger partial charge is 0.239 e. The van der Waals surface area contributed by atoms with Crippen LogP contribution >= 0.6 is 27.3 Å². The highest BCUT2D eigenvalue weighted by atomic mass is 79.9. The van der Waals surface area contributed by atoms with Gasteiger partial charge in [-0.2, -0.15) is 0 Å². The van der Waals surface area contributed by atoms with Crippen LogP contribution in [-0.2, 0) is 11.3 Å². The van der Waals surface area contributed by atoms with Gasteiger partial charge in [-0.05, 0) is 45.1 Å². The molecule has 0 fully saturated rings. The van der Waals surface area contributed by atoms with Crippen molar-refractivity contribution in [3.05, 3.63) is 44.6 Å². The number of halogens is 1. The van der Waals surface area contributed by atoms with Gasteiger partial charge in [0.15, 0.2) is 11.5 Å². The van der Waals surface area contributed by atoms with Gasteiger partial charge in [0.1, 0.15) is 6.04 Å². The summed E-state index contributed by atoms with van der Waals surface area (Å²) in [5, 5.41) is 5.17. The number of carbonyl (C=O) groups is 1. The van der Waals surface area contributed by atoms with Gasteiger partial charge in [-0.3, -0.25) is 10.1 Å². The highest BCUT2D eigenvalue weighted by molar-refractivity contribution is 9.10. The average Bonchev–Trinajstić information content (AvgIpc) is 3.09. The first kappa shape index (κ1) is 14.4. The molecule has 3 rings (SSSR count). The summed E-state index contributed by atoms with van der Waals surface area (Å²) in [6.45, 7) is 0.762. The molecule has 0 aliphatic carbocycles. The summed E-state index contributed by atoms with van der Waals surface area (Å²) in [7, 11) is 0. The first-order valence-corrected chi connectivity index (χ1v) is 7.96. The van der Waals surface area contributed by atoms with Gasteiger partial charge in [0.05, 0.1) is 4.47 Å². The van der Waals surface area contributed by atoms with Crippen LogP contribution in [0.2, 0.25) is 0 Å². The maximum atomic E-state index is 11.7. The van der Waals surface area contributed by atoms with Crippen LogP contribution in [-0.4, -0.2) is 12.7 Å². The minimum absolute atomic E-state index is 0.182. The highest BCUT2D eigenvalue weighted by Crippen LogP contribution is 2.41. The fourth-order valence-corrected chi connectivity index (χ4v) is 3.38. The topological polar surface area (TPSA) is 73.6 Å². The fraction of sp³-hybridized carbons (Fsp3) is 0.214. The Balaban J connectivity index is 1.84. The predicted molar refractivity (Wildman–Crippen MR) is 83.4 cm³/mol. The van der Waals surface area contributed by atoms with Crippen molar-refractivity contribution in [3.8, 4) is 11.5 Å². The Labute approximate surface area is 134 Å². The molecule has 1 aliphatic rings. The number of nitrogens with two attached hydrogens (primary N) is 1. The van der Waals surface area contributed by atoms with Gasteiger partial charge in [-0.15, -0.1) is 11.3 Å². The summed E-state index contributed by atoms with van der Waals surface area (Å²) in [6.07, 6.45) is 0. The molecule has 1 atom stereocenters. The van der Waals surface area contributed by atoms with Crippen molar-refractivity contribution in [1.29, 1.82) is 0 Å². The maximum absolute atomic E-state index is 11.7. The van der Waals surface area contributed by atoms with Crippen molar-refractivity contribution in [2.45, 2.75) is 12.6 Å². The van der Waals surface area contributed by atoms with Crippen LogP contribution in [0.25, 0.3) is 0 Å². The van der Waals surface area contributed by atoms with Crippen molar-refractivity contribution >= 4 is 33.2 Å². The molecular formula is C14H13BrN2O3S. The summed E-state index contributed by atoms with van der Waals surface area (Å²) in [4.78, 5) is 12.9. The second-order valence-electron chi connectivity index (χ2n) is 4.53. The second-order valence-corrected chi connectivity index (χ2v) is 6.42. The lowest BCUT2D eigenvalue weighted by Gasteiger charge is -2.16. The number of fused-ring (bicyclic) bond motifs is 1. The van der Waals surface area contributed by atoms with Gasteiger partial charge in [0.2, 0.25) is 12.7 Å². The number of hydrogen-bond donors (Lipinski definition) is 2. The van der Waals surface area contributed by atoms with Crippen molar-refractivity contribution in [3.63, 3.8) is 0 Å². The molecule has 110 valence electrons. The molecule has 0 saturated heterocycles. The van der Waals surface area contributed by atoms with Gasteiger partial charge in [-0.1, -0.05) is 6.07 Å². The zero-order valence-corrected chi connectivity index (χ0v) is 13.4. The van der Waals surface area contributed by atoms with Gasteiger partial charge < -0.3 is 15.2 Å². The molecule has 21 heavy (non-hydrogen) atoms. The van der Waals surface area contributed by atoms with Gasteiger partial charge in [0.25, 0.3) is 0 Å². The molecule has 1 aromatic heterocycles. The Hall–Kier alpha value is -1.57. The number of hydrogen-bond acceptors (Lipinski definition) is 5. The number of primary amides is 1. The molecule has 1 aromatic carbocycles. The Morgan fingerprint density at radius 2 is 2.33 bits per heavy atom. The van der Waals surface area contributed by atoms with Crippen molar-refractivity contribution in [2.75, 3.05) is 6.79 Å². The summed E-state index contributed by atoms with van der Waals surface area (Å²) < 4.78 is 11.5. The quantitative estimate of drug-likeness (QED) is 0.850. The molecule has 2 aromatic rings. The Morgan fingerprint density at radius 3 is 3.05 bits per heavy atom. The third-order valence-corrected chi connectivity index (χ3v) is 4.59. The minimum Gasteiger partial charge on any atom is -0.454 e. The molecule has 5 nitrogen and oxygen atoms in total. The largest absolute Gasteiger partial charge is 0.454 e. The third kappa shape index (κ3) is 3.04. The maximum Gasteiger partial charge on any atom is 0.239 e. The van der Waals surface area contributed by atoms with Crippen molar-refractivity contribution < 1.29 is 14.3 Å². The summed E-state index contributed by atoms with van der Waals surface area (Å²) >= 11 is 5.05. The van der Waals surface area contributed by atoms with E-state index < -0.39 is 11.9 Å². The molecule has 1 amide bonds. The highest BCUT2D eigenvalue weighted by Gasteiger charge is 2.24. The van der Waals surface area contributed by atoms with Crippen LogP contribution < -0.4 is 20.5 Å². The van der Waals surface area contributed by atoms with Gasteiger partial charge in [-0.25, -0.2) is 0 Å². The van der Waals surface area contributed by atoms with Gasteiger partial charge >= 0.3 is 0 Å². The SMILES string of the molecule is NC(=O)C(NCc1cccs1)c1cc(Br)c2c(c1)OCO2. The van der Waals surface area contributed by atoms with E-state index in [0.717, 1.165) is 14.9 Å². The van der Waals surface area contributed by atoms with Gasteiger partial charge in [0, 0.05) is 11.4 Å². The molecule has 0 saturated carbocycles. The first-order chi connectivity index (χ1) is 10.1. The average molecular weight is 369 g/mol. The molecule has 1 unspecified atom stereocenters. The Morgan fingerprint density at radius 1 is 1.48 bits per heavy atom. The molecule has 0 spiro atoms. The molecule has 3 N–H and O–H groups in total. The zero-order chi connectivity index (χ0) is 14.8. The lowest BCUT2D eigenvalue weighted by molar-refractivity contribution is -0.120. The molecule has 0 radical (unpaired) electrons. The van der Waals surface area contributed by atoms with Crippen LogP contribution in [0.3, 0.4) is 0 Å². The Kier molecular flexibility index (Phi) is 4.14. The van der Waals surface area contributed by atoms with Crippen molar-refractivity contribution in [2.24, 2.45) is 5.73 Å². The Bertz CT molecular complexity index is 660. The summed E-state index contributed by atoms with van der Waals surface area (Å²) in [5.74, 6) is 0.834. The molecule has 0 bridgehead atoms. The monoisotopic (exact) mass is 368 g/mol. The first-order valence-electron chi connectivity index (χ1n) is 6.29. The van der Waals surface area contributed by atoms with Crippen LogP contribution in [0.4, 0.5) is 0 Å². The standard InChI is InChI=1S/C14H13BrN2O3S/c15-10-4-8(5-11-13(10)20-7-19-11)12(14(16)18)17-6-9-2-1-3-21-9/h1-5,12,17H,6-7H2,(H2,16,18). The zero-order valence-electron chi connectivity index (χ0n) is 11.0. The number of thiophene rings is 1. The summed E-state index contributed by atoms with van der Waals surface area (Å²) in [5.41, 5.74) is 6.26. The van der Waals surface area contributed by atoms with E-state index in [1.165, 1.54) is 0 Å². The van der Waals surface area contributed by atoms with E-state index in [4.69, 9.17) is 15.2 Å². The van der Waals surface area contributed by atoms with E-state index in [-0.39, 0.29) is 6.79 Å². The second kappa shape index (κ2) is 6.05. The molecule has 7 heteroatoms. The molecular weight excluding hydrogens is 356 g/mol. The predicted octanol–water partition coefficient (Wildman–Crippen LogP) is 2.56. The van der Waals surface area contributed by atoms with E-state index in [1.807, 2.05) is 23.6 Å². The summed E-state index contributed by atoms with van der Waals surface area (Å²) in [6, 6.07) is 7.00.